The van der Waals surface area contributed by atoms with Crippen LogP contribution in [0.2, 0.25) is 0 Å². The topological polar surface area (TPSA) is 83.3 Å². The van der Waals surface area contributed by atoms with Crippen LogP contribution in [0.5, 0.6) is 0 Å². The average Bonchev–Trinajstić information content (AvgIpc) is 2.78. The SMILES string of the molecule is Cc1cc(NC(C)c2cc([N+](=O)[O-])cc(C(F)(F)F)c2)c2cc(N3CCNCC3)ccc2n1. The van der Waals surface area contributed by atoms with Crippen LogP contribution in [0.25, 0.3) is 10.9 Å². The van der Waals surface area contributed by atoms with E-state index in [2.05, 4.69) is 20.5 Å². The Morgan fingerprint density at radius 3 is 2.55 bits per heavy atom. The first-order chi connectivity index (χ1) is 15.6. The lowest BCUT2D eigenvalue weighted by molar-refractivity contribution is -0.385. The maximum atomic E-state index is 13.3. The number of hydrogen-bond acceptors (Lipinski definition) is 6. The van der Waals surface area contributed by atoms with Gasteiger partial charge in [-0.1, -0.05) is 0 Å². The molecule has 0 bridgehead atoms. The molecule has 1 atom stereocenters. The van der Waals surface area contributed by atoms with Crippen LogP contribution in [0.4, 0.5) is 30.2 Å². The Morgan fingerprint density at radius 2 is 1.88 bits per heavy atom. The molecule has 7 nitrogen and oxygen atoms in total. The Morgan fingerprint density at radius 1 is 1.15 bits per heavy atom. The summed E-state index contributed by atoms with van der Waals surface area (Å²) >= 11 is 0. The van der Waals surface area contributed by atoms with Crippen molar-refractivity contribution in [3.8, 4) is 0 Å². The fourth-order valence-corrected chi connectivity index (χ4v) is 4.06. The molecule has 0 spiro atoms. The van der Waals surface area contributed by atoms with Crippen LogP contribution in [0.15, 0.2) is 42.5 Å². The molecular formula is C23H24F3N5O2. The number of hydrogen-bond donors (Lipinski definition) is 2. The number of anilines is 2. The highest BCUT2D eigenvalue weighted by atomic mass is 19.4. The zero-order valence-electron chi connectivity index (χ0n) is 18.2. The van der Waals surface area contributed by atoms with E-state index in [1.54, 1.807) is 6.92 Å². The van der Waals surface area contributed by atoms with E-state index in [4.69, 9.17) is 0 Å². The minimum absolute atomic E-state index is 0.178. The van der Waals surface area contributed by atoms with Crippen molar-refractivity contribution in [1.82, 2.24) is 10.3 Å². The normalized spacial score (nSPS) is 15.5. The van der Waals surface area contributed by atoms with Gasteiger partial charge in [0.1, 0.15) is 0 Å². The Hall–Kier alpha value is -3.40. The molecule has 2 N–H and O–H groups in total. The first-order valence-corrected chi connectivity index (χ1v) is 10.6. The number of nitro groups is 1. The summed E-state index contributed by atoms with van der Waals surface area (Å²) in [6.45, 7) is 7.05. The third-order valence-electron chi connectivity index (χ3n) is 5.75. The molecule has 33 heavy (non-hydrogen) atoms. The number of alkyl halides is 3. The summed E-state index contributed by atoms with van der Waals surface area (Å²) in [6.07, 6.45) is -4.68. The molecule has 2 heterocycles. The number of pyridine rings is 1. The van der Waals surface area contributed by atoms with Crippen LogP contribution < -0.4 is 15.5 Å². The van der Waals surface area contributed by atoms with Crippen molar-refractivity contribution in [2.75, 3.05) is 36.4 Å². The van der Waals surface area contributed by atoms with Crippen LogP contribution in [0.1, 0.15) is 29.8 Å². The maximum Gasteiger partial charge on any atom is 0.416 e. The Kier molecular flexibility index (Phi) is 6.11. The average molecular weight is 459 g/mol. The molecular weight excluding hydrogens is 435 g/mol. The van der Waals surface area contributed by atoms with Crippen LogP contribution in [-0.2, 0) is 6.18 Å². The Balaban J connectivity index is 1.72. The van der Waals surface area contributed by atoms with Gasteiger partial charge in [0.05, 0.1) is 16.0 Å². The number of aromatic nitrogens is 1. The van der Waals surface area contributed by atoms with Crippen molar-refractivity contribution >= 4 is 28.0 Å². The standard InChI is InChI=1S/C23H24F3N5O2/c1-14-9-22(20-13-18(3-4-21(20)28-14)30-7-5-27-6-8-30)29-15(2)16-10-17(23(24,25)26)12-19(11-16)31(32)33/h3-4,9-13,15,27H,5-8H2,1-2H3,(H,28,29). The molecule has 1 aromatic heterocycles. The zero-order valence-corrected chi connectivity index (χ0v) is 18.2. The summed E-state index contributed by atoms with van der Waals surface area (Å²) in [7, 11) is 0. The lowest BCUT2D eigenvalue weighted by Gasteiger charge is -2.30. The molecule has 1 saturated heterocycles. The zero-order chi connectivity index (χ0) is 23.8. The largest absolute Gasteiger partial charge is 0.416 e. The fraction of sp³-hybridized carbons (Fsp3) is 0.348. The van der Waals surface area contributed by atoms with Crippen LogP contribution in [0, 0.1) is 17.0 Å². The second-order valence-electron chi connectivity index (χ2n) is 8.18. The molecule has 174 valence electrons. The minimum atomic E-state index is -4.68. The van der Waals surface area contributed by atoms with Gasteiger partial charge in [-0.15, -0.1) is 0 Å². The van der Waals surface area contributed by atoms with Gasteiger partial charge in [-0.2, -0.15) is 13.2 Å². The molecule has 1 aliphatic heterocycles. The highest BCUT2D eigenvalue weighted by Gasteiger charge is 2.33. The number of nitro benzene ring substituents is 1. The monoisotopic (exact) mass is 459 g/mol. The van der Waals surface area contributed by atoms with Crippen molar-refractivity contribution < 1.29 is 18.1 Å². The second kappa shape index (κ2) is 8.86. The lowest BCUT2D eigenvalue weighted by Crippen LogP contribution is -2.43. The van der Waals surface area contributed by atoms with E-state index < -0.39 is 28.4 Å². The molecule has 0 amide bonds. The summed E-state index contributed by atoms with van der Waals surface area (Å²) in [5, 5.41) is 18.6. The summed E-state index contributed by atoms with van der Waals surface area (Å²) in [6, 6.07) is 9.89. The van der Waals surface area contributed by atoms with Crippen molar-refractivity contribution in [2.45, 2.75) is 26.1 Å². The number of piperazine rings is 1. The molecule has 1 fully saturated rings. The molecule has 10 heteroatoms. The predicted molar refractivity (Wildman–Crippen MR) is 122 cm³/mol. The van der Waals surface area contributed by atoms with Gasteiger partial charge in [0.15, 0.2) is 0 Å². The smallest absolute Gasteiger partial charge is 0.378 e. The number of halogens is 3. The molecule has 3 aromatic rings. The highest BCUT2D eigenvalue weighted by molar-refractivity contribution is 5.94. The van der Waals surface area contributed by atoms with Gasteiger partial charge >= 0.3 is 6.18 Å². The fourth-order valence-electron chi connectivity index (χ4n) is 4.06. The van der Waals surface area contributed by atoms with Gasteiger partial charge in [-0.3, -0.25) is 15.1 Å². The first kappa shape index (κ1) is 22.8. The molecule has 2 aromatic carbocycles. The molecule has 1 unspecified atom stereocenters. The van der Waals surface area contributed by atoms with Gasteiger partial charge in [0.25, 0.3) is 5.69 Å². The van der Waals surface area contributed by atoms with Gasteiger partial charge in [-0.25, -0.2) is 0 Å². The summed E-state index contributed by atoms with van der Waals surface area (Å²) in [5.74, 6) is 0. The van der Waals surface area contributed by atoms with Crippen molar-refractivity contribution in [3.63, 3.8) is 0 Å². The molecule has 0 radical (unpaired) electrons. The van der Waals surface area contributed by atoms with Crippen LogP contribution in [0.3, 0.4) is 0 Å². The molecule has 4 rings (SSSR count). The van der Waals surface area contributed by atoms with Crippen molar-refractivity contribution in [1.29, 1.82) is 0 Å². The van der Waals surface area contributed by atoms with E-state index >= 15 is 0 Å². The number of non-ortho nitro benzene ring substituents is 1. The Bertz CT molecular complexity index is 1190. The third kappa shape index (κ3) is 5.00. The van der Waals surface area contributed by atoms with Gasteiger partial charge in [0.2, 0.25) is 0 Å². The molecule has 0 saturated carbocycles. The van der Waals surface area contributed by atoms with Gasteiger partial charge < -0.3 is 15.5 Å². The quantitative estimate of drug-likeness (QED) is 0.410. The second-order valence-corrected chi connectivity index (χ2v) is 8.18. The number of nitrogens with one attached hydrogen (secondary N) is 2. The van der Waals surface area contributed by atoms with Gasteiger partial charge in [-0.05, 0) is 49.7 Å². The highest BCUT2D eigenvalue weighted by Crippen LogP contribution is 2.36. The Labute approximate surface area is 188 Å². The van der Waals surface area contributed by atoms with Crippen molar-refractivity contribution in [2.24, 2.45) is 0 Å². The first-order valence-electron chi connectivity index (χ1n) is 10.6. The summed E-state index contributed by atoms with van der Waals surface area (Å²) in [4.78, 5) is 17.3. The van der Waals surface area contributed by atoms with E-state index in [1.165, 1.54) is 6.07 Å². The molecule has 0 aliphatic carbocycles. The van der Waals surface area contributed by atoms with Crippen molar-refractivity contribution in [3.05, 3.63) is 69.4 Å². The number of nitrogens with zero attached hydrogens (tertiary/aromatic N) is 3. The number of aryl methyl sites for hydroxylation is 1. The van der Waals surface area contributed by atoms with Gasteiger partial charge in [0, 0.05) is 66.8 Å². The number of benzene rings is 2. The third-order valence-corrected chi connectivity index (χ3v) is 5.75. The van der Waals surface area contributed by atoms with E-state index in [0.717, 1.165) is 54.5 Å². The maximum absolute atomic E-state index is 13.3. The van der Waals surface area contributed by atoms with Crippen LogP contribution >= 0.6 is 0 Å². The van der Waals surface area contributed by atoms with Crippen LogP contribution in [-0.4, -0.2) is 36.1 Å². The van der Waals surface area contributed by atoms with E-state index in [1.807, 2.05) is 31.2 Å². The van der Waals surface area contributed by atoms with E-state index in [0.29, 0.717) is 11.8 Å². The van der Waals surface area contributed by atoms with E-state index in [9.17, 15) is 23.3 Å². The minimum Gasteiger partial charge on any atom is -0.378 e. The number of fused-ring (bicyclic) bond motifs is 1. The van der Waals surface area contributed by atoms with E-state index in [-0.39, 0.29) is 5.56 Å². The molecule has 1 aliphatic rings. The summed E-state index contributed by atoms with van der Waals surface area (Å²) < 4.78 is 40.0. The summed E-state index contributed by atoms with van der Waals surface area (Å²) in [5.41, 5.74) is 1.81. The lowest BCUT2D eigenvalue weighted by atomic mass is 10.0. The number of rotatable bonds is 5. The predicted octanol–water partition coefficient (Wildman–Crippen LogP) is 5.05.